The third kappa shape index (κ3) is 5.01. The molecule has 1 aliphatic heterocycles. The van der Waals surface area contributed by atoms with Crippen molar-refractivity contribution in [3.63, 3.8) is 0 Å². The molecular formula is C25H21ClN2O2S. The van der Waals surface area contributed by atoms with Gasteiger partial charge in [0.15, 0.2) is 0 Å². The number of fused-ring (bicyclic) bond motifs is 1. The molecule has 0 saturated carbocycles. The van der Waals surface area contributed by atoms with E-state index >= 15 is 0 Å². The second-order valence-corrected chi connectivity index (χ2v) is 8.72. The van der Waals surface area contributed by atoms with Crippen LogP contribution in [0, 0.1) is 0 Å². The molecule has 3 aromatic carbocycles. The van der Waals surface area contributed by atoms with Gasteiger partial charge >= 0.3 is 0 Å². The standard InChI is InChI=1S/C25H21ClN2O2S/c1-28-21-16-19(24(29)27-13-12-17-6-3-2-4-7-17)10-11-22(21)31-23(25(28)30)15-18-8-5-9-20(26)14-18/h2-11,14-16H,12-13H2,1H3,(H,27,29)/b23-15-. The third-order valence-corrected chi connectivity index (χ3v) is 6.32. The third-order valence-electron chi connectivity index (χ3n) is 5.01. The van der Waals surface area contributed by atoms with Crippen molar-refractivity contribution in [1.82, 2.24) is 5.32 Å². The number of nitrogens with zero attached hydrogens (tertiary/aromatic N) is 1. The molecule has 1 heterocycles. The molecule has 1 aliphatic rings. The Labute approximate surface area is 190 Å². The highest BCUT2D eigenvalue weighted by Crippen LogP contribution is 2.42. The van der Waals surface area contributed by atoms with Gasteiger partial charge in [0.1, 0.15) is 0 Å². The van der Waals surface area contributed by atoms with Gasteiger partial charge in [0.25, 0.3) is 11.8 Å². The number of benzene rings is 3. The highest BCUT2D eigenvalue weighted by molar-refractivity contribution is 8.04. The molecule has 0 bridgehead atoms. The SMILES string of the molecule is CN1C(=O)/C(=C/c2cccc(Cl)c2)Sc2ccc(C(=O)NCCc3ccccc3)cc21. The summed E-state index contributed by atoms with van der Waals surface area (Å²) in [6, 6.07) is 22.9. The van der Waals surface area contributed by atoms with Crippen LogP contribution in [0.15, 0.2) is 82.6 Å². The lowest BCUT2D eigenvalue weighted by atomic mass is 10.1. The molecule has 6 heteroatoms. The maximum absolute atomic E-state index is 12.9. The number of amides is 2. The van der Waals surface area contributed by atoms with Crippen molar-refractivity contribution >= 4 is 46.9 Å². The second-order valence-electron chi connectivity index (χ2n) is 7.20. The van der Waals surface area contributed by atoms with E-state index in [1.54, 1.807) is 30.1 Å². The summed E-state index contributed by atoms with van der Waals surface area (Å²) in [4.78, 5) is 28.6. The molecule has 0 aromatic heterocycles. The van der Waals surface area contributed by atoms with Crippen molar-refractivity contribution in [3.8, 4) is 0 Å². The van der Waals surface area contributed by atoms with E-state index < -0.39 is 0 Å². The van der Waals surface area contributed by atoms with Crippen molar-refractivity contribution in [2.45, 2.75) is 11.3 Å². The maximum Gasteiger partial charge on any atom is 0.264 e. The summed E-state index contributed by atoms with van der Waals surface area (Å²) in [5.74, 6) is -0.260. The first-order valence-corrected chi connectivity index (χ1v) is 11.1. The van der Waals surface area contributed by atoms with Gasteiger partial charge in [-0.3, -0.25) is 9.59 Å². The van der Waals surface area contributed by atoms with Crippen LogP contribution < -0.4 is 10.2 Å². The molecule has 0 aliphatic carbocycles. The summed E-state index contributed by atoms with van der Waals surface area (Å²) >= 11 is 7.46. The number of anilines is 1. The molecule has 2 amide bonds. The summed E-state index contributed by atoms with van der Waals surface area (Å²) in [5, 5.41) is 3.58. The largest absolute Gasteiger partial charge is 0.352 e. The predicted molar refractivity (Wildman–Crippen MR) is 128 cm³/mol. The van der Waals surface area contributed by atoms with Crippen LogP contribution in [0.2, 0.25) is 5.02 Å². The minimum absolute atomic E-state index is 0.112. The first-order chi connectivity index (χ1) is 15.0. The van der Waals surface area contributed by atoms with Crippen molar-refractivity contribution in [2.75, 3.05) is 18.5 Å². The van der Waals surface area contributed by atoms with Gasteiger partial charge in [0.2, 0.25) is 0 Å². The van der Waals surface area contributed by atoms with E-state index in [1.165, 1.54) is 17.3 Å². The van der Waals surface area contributed by atoms with E-state index in [0.29, 0.717) is 22.0 Å². The van der Waals surface area contributed by atoms with Crippen LogP contribution in [0.3, 0.4) is 0 Å². The average Bonchev–Trinajstić information content (AvgIpc) is 2.78. The Morgan fingerprint density at radius 2 is 1.87 bits per heavy atom. The predicted octanol–water partition coefficient (Wildman–Crippen LogP) is 5.42. The topological polar surface area (TPSA) is 49.4 Å². The lowest BCUT2D eigenvalue weighted by Gasteiger charge is -2.27. The number of nitrogens with one attached hydrogen (secondary N) is 1. The zero-order valence-corrected chi connectivity index (χ0v) is 18.5. The first kappa shape index (κ1) is 21.2. The van der Waals surface area contributed by atoms with Gasteiger partial charge in [-0.1, -0.05) is 65.8 Å². The second kappa shape index (κ2) is 9.41. The van der Waals surface area contributed by atoms with Crippen LogP contribution in [0.25, 0.3) is 6.08 Å². The summed E-state index contributed by atoms with van der Waals surface area (Å²) in [6.07, 6.45) is 2.60. The number of rotatable bonds is 5. The molecule has 3 aromatic rings. The van der Waals surface area contributed by atoms with E-state index in [0.717, 1.165) is 22.6 Å². The summed E-state index contributed by atoms with van der Waals surface area (Å²) in [6.45, 7) is 0.552. The Kier molecular flexibility index (Phi) is 6.44. The molecule has 0 saturated heterocycles. The van der Waals surface area contributed by atoms with Gasteiger partial charge in [-0.25, -0.2) is 0 Å². The van der Waals surface area contributed by atoms with E-state index in [1.807, 2.05) is 60.7 Å². The molecule has 0 radical (unpaired) electrons. The molecule has 4 rings (SSSR count). The number of halogens is 1. The summed E-state index contributed by atoms with van der Waals surface area (Å²) in [7, 11) is 1.73. The van der Waals surface area contributed by atoms with Crippen molar-refractivity contribution in [1.29, 1.82) is 0 Å². The molecule has 1 N–H and O–H groups in total. The van der Waals surface area contributed by atoms with Gasteiger partial charge in [0.05, 0.1) is 10.6 Å². The highest BCUT2D eigenvalue weighted by atomic mass is 35.5. The Balaban J connectivity index is 1.48. The smallest absolute Gasteiger partial charge is 0.264 e. The van der Waals surface area contributed by atoms with Crippen molar-refractivity contribution in [3.05, 3.63) is 99.4 Å². The van der Waals surface area contributed by atoms with E-state index in [2.05, 4.69) is 5.32 Å². The van der Waals surface area contributed by atoms with Crippen molar-refractivity contribution in [2.24, 2.45) is 0 Å². The number of likely N-dealkylation sites (N-methyl/N-ethyl adjacent to an activating group) is 1. The van der Waals surface area contributed by atoms with Gasteiger partial charge in [-0.2, -0.15) is 0 Å². The molecule has 0 fully saturated rings. The summed E-state index contributed by atoms with van der Waals surface area (Å²) < 4.78 is 0. The number of thioether (sulfide) groups is 1. The lowest BCUT2D eigenvalue weighted by Crippen LogP contribution is -2.31. The normalized spacial score (nSPS) is 14.5. The Bertz CT molecular complexity index is 1160. The Morgan fingerprint density at radius 3 is 2.65 bits per heavy atom. The molecule has 0 spiro atoms. The van der Waals surface area contributed by atoms with Gasteiger partial charge in [0, 0.05) is 29.1 Å². The van der Waals surface area contributed by atoms with Crippen LogP contribution in [-0.4, -0.2) is 25.4 Å². The number of hydrogen-bond acceptors (Lipinski definition) is 3. The zero-order valence-electron chi connectivity index (χ0n) is 17.0. The molecule has 4 nitrogen and oxygen atoms in total. The van der Waals surface area contributed by atoms with Gasteiger partial charge in [-0.05, 0) is 54.0 Å². The molecule has 0 atom stereocenters. The van der Waals surface area contributed by atoms with Gasteiger partial charge < -0.3 is 10.2 Å². The lowest BCUT2D eigenvalue weighted by molar-refractivity contribution is -0.114. The highest BCUT2D eigenvalue weighted by Gasteiger charge is 2.27. The monoisotopic (exact) mass is 448 g/mol. The van der Waals surface area contributed by atoms with Gasteiger partial charge in [-0.15, -0.1) is 0 Å². The molecule has 31 heavy (non-hydrogen) atoms. The first-order valence-electron chi connectivity index (χ1n) is 9.90. The number of carbonyl (C=O) groups is 2. The quantitative estimate of drug-likeness (QED) is 0.530. The maximum atomic E-state index is 12.9. The average molecular weight is 449 g/mol. The minimum Gasteiger partial charge on any atom is -0.352 e. The van der Waals surface area contributed by atoms with Crippen LogP contribution in [0.4, 0.5) is 5.69 Å². The van der Waals surface area contributed by atoms with Crippen LogP contribution in [0.1, 0.15) is 21.5 Å². The van der Waals surface area contributed by atoms with E-state index in [4.69, 9.17) is 11.6 Å². The fourth-order valence-electron chi connectivity index (χ4n) is 3.35. The molecule has 156 valence electrons. The zero-order chi connectivity index (χ0) is 21.8. The van der Waals surface area contributed by atoms with E-state index in [9.17, 15) is 9.59 Å². The molecule has 0 unspecified atom stereocenters. The fraction of sp³-hybridized carbons (Fsp3) is 0.120. The Morgan fingerprint density at radius 1 is 1.06 bits per heavy atom. The Hall–Kier alpha value is -3.02. The number of carbonyl (C=O) groups excluding carboxylic acids is 2. The minimum atomic E-state index is -0.148. The van der Waals surface area contributed by atoms with Crippen LogP contribution in [-0.2, 0) is 11.2 Å². The fourth-order valence-corrected chi connectivity index (χ4v) is 4.64. The van der Waals surface area contributed by atoms with Crippen LogP contribution >= 0.6 is 23.4 Å². The number of hydrogen-bond donors (Lipinski definition) is 1. The molecular weight excluding hydrogens is 428 g/mol. The summed E-state index contributed by atoms with van der Waals surface area (Å²) in [5.41, 5.74) is 3.31. The van der Waals surface area contributed by atoms with Crippen LogP contribution in [0.5, 0.6) is 0 Å². The van der Waals surface area contributed by atoms with E-state index in [-0.39, 0.29) is 11.8 Å². The van der Waals surface area contributed by atoms with Crippen molar-refractivity contribution < 1.29 is 9.59 Å².